The maximum Gasteiger partial charge on any atom is 0.338 e. The summed E-state index contributed by atoms with van der Waals surface area (Å²) in [5.41, 5.74) is -0.533. The number of esters is 1. The normalized spacial score (nSPS) is 17.4. The maximum atomic E-state index is 12.6. The molecule has 9 nitrogen and oxygen atoms in total. The van der Waals surface area contributed by atoms with Gasteiger partial charge in [0.2, 0.25) is 10.0 Å². The quantitative estimate of drug-likeness (QED) is 0.223. The van der Waals surface area contributed by atoms with Crippen molar-refractivity contribution in [2.45, 2.75) is 37.7 Å². The third-order valence-electron chi connectivity index (χ3n) is 4.34. The molecule has 0 bridgehead atoms. The molecule has 1 fully saturated rings. The average molecular weight is 459 g/mol. The van der Waals surface area contributed by atoms with Gasteiger partial charge in [-0.2, -0.15) is 0 Å². The third-order valence-corrected chi connectivity index (χ3v) is 6.24. The molecule has 0 aromatic heterocycles. The van der Waals surface area contributed by atoms with Gasteiger partial charge in [0.1, 0.15) is 17.3 Å². The summed E-state index contributed by atoms with van der Waals surface area (Å²) in [4.78, 5) is 23.5. The van der Waals surface area contributed by atoms with Crippen molar-refractivity contribution in [1.29, 1.82) is 5.41 Å². The fourth-order valence-corrected chi connectivity index (χ4v) is 4.49. The summed E-state index contributed by atoms with van der Waals surface area (Å²) in [6, 6.07) is 3.59. The lowest BCUT2D eigenvalue weighted by Crippen LogP contribution is -2.32. The molecule has 1 aromatic rings. The summed E-state index contributed by atoms with van der Waals surface area (Å²) in [6.45, 7) is 2.51. The third kappa shape index (κ3) is 6.11. The topological polar surface area (TPSA) is 143 Å². The first-order chi connectivity index (χ1) is 14.0. The molecule has 1 saturated heterocycles. The van der Waals surface area contributed by atoms with E-state index in [0.29, 0.717) is 6.61 Å². The van der Waals surface area contributed by atoms with Crippen LogP contribution in [-0.2, 0) is 24.3 Å². The van der Waals surface area contributed by atoms with Crippen molar-refractivity contribution in [2.75, 3.05) is 19.8 Å². The van der Waals surface area contributed by atoms with Crippen molar-refractivity contribution in [3.05, 3.63) is 40.1 Å². The number of carbonyl (C=O) groups excluding carboxylic acids is 2. The lowest BCUT2D eigenvalue weighted by Gasteiger charge is -2.13. The van der Waals surface area contributed by atoms with Crippen LogP contribution in [0.25, 0.3) is 0 Å². The van der Waals surface area contributed by atoms with Gasteiger partial charge in [-0.15, -0.1) is 0 Å². The highest BCUT2D eigenvalue weighted by molar-refractivity contribution is 7.89. The zero-order valence-corrected chi connectivity index (χ0v) is 18.1. The van der Waals surface area contributed by atoms with Crippen molar-refractivity contribution in [3.8, 4) is 0 Å². The van der Waals surface area contributed by atoms with Crippen LogP contribution in [0.15, 0.2) is 34.4 Å². The van der Waals surface area contributed by atoms with E-state index in [2.05, 4.69) is 4.72 Å². The molecule has 0 amide bonds. The van der Waals surface area contributed by atoms with E-state index in [4.69, 9.17) is 26.5 Å². The van der Waals surface area contributed by atoms with Gasteiger partial charge in [-0.25, -0.2) is 17.9 Å². The zero-order chi connectivity index (χ0) is 22.5. The smallest absolute Gasteiger partial charge is 0.338 e. The number of aliphatic hydroxyl groups excluding tert-OH is 1. The Morgan fingerprint density at radius 2 is 2.07 bits per heavy atom. The minimum Gasteiger partial charge on any atom is -0.508 e. The molecule has 11 heteroatoms. The SMILES string of the molecule is CC(=N)/C(C(C)=O)=C(/O)COC(=O)c1ccc(Cl)c(S(=O)(=O)NCC2CCCO2)c1. The van der Waals surface area contributed by atoms with Crippen LogP contribution in [0.3, 0.4) is 0 Å². The van der Waals surface area contributed by atoms with E-state index in [1.165, 1.54) is 26.0 Å². The Kier molecular flexibility index (Phi) is 8.13. The van der Waals surface area contributed by atoms with Gasteiger partial charge < -0.3 is 20.0 Å². The minimum atomic E-state index is -4.00. The van der Waals surface area contributed by atoms with E-state index in [1.807, 2.05) is 0 Å². The van der Waals surface area contributed by atoms with Crippen molar-refractivity contribution < 1.29 is 32.6 Å². The molecular weight excluding hydrogens is 436 g/mol. The van der Waals surface area contributed by atoms with Crippen LogP contribution in [0, 0.1) is 5.41 Å². The molecule has 0 radical (unpaired) electrons. The van der Waals surface area contributed by atoms with E-state index in [9.17, 15) is 23.1 Å². The number of halogens is 1. The van der Waals surface area contributed by atoms with Crippen molar-refractivity contribution in [2.24, 2.45) is 0 Å². The lowest BCUT2D eigenvalue weighted by atomic mass is 10.1. The molecule has 3 N–H and O–H groups in total. The van der Waals surface area contributed by atoms with Gasteiger partial charge in [0, 0.05) is 18.9 Å². The number of allylic oxidation sites excluding steroid dienone is 1. The summed E-state index contributed by atoms with van der Waals surface area (Å²) in [7, 11) is -4.00. The molecule has 1 aliphatic heterocycles. The number of ketones is 1. The number of carbonyl (C=O) groups is 2. The number of aliphatic hydroxyl groups is 1. The van der Waals surface area contributed by atoms with E-state index >= 15 is 0 Å². The first-order valence-electron chi connectivity index (χ1n) is 9.09. The second kappa shape index (κ2) is 10.2. The van der Waals surface area contributed by atoms with Gasteiger partial charge in [0.15, 0.2) is 5.78 Å². The second-order valence-corrected chi connectivity index (χ2v) is 8.85. The predicted molar refractivity (Wildman–Crippen MR) is 110 cm³/mol. The number of nitrogens with one attached hydrogen (secondary N) is 2. The summed E-state index contributed by atoms with van der Waals surface area (Å²) in [6.07, 6.45) is 1.39. The van der Waals surface area contributed by atoms with E-state index in [-0.39, 0.29) is 39.4 Å². The van der Waals surface area contributed by atoms with Gasteiger partial charge in [-0.1, -0.05) is 11.6 Å². The van der Waals surface area contributed by atoms with Gasteiger partial charge in [0.05, 0.1) is 22.3 Å². The number of rotatable bonds is 9. The van der Waals surface area contributed by atoms with Crippen LogP contribution >= 0.6 is 11.6 Å². The van der Waals surface area contributed by atoms with Crippen LogP contribution in [-0.4, -0.2) is 56.9 Å². The van der Waals surface area contributed by atoms with Gasteiger partial charge >= 0.3 is 5.97 Å². The van der Waals surface area contributed by atoms with Crippen LogP contribution in [0.4, 0.5) is 0 Å². The Labute approximate surface area is 179 Å². The number of sulfonamides is 1. The molecule has 1 aliphatic rings. The van der Waals surface area contributed by atoms with Crippen LogP contribution in [0.5, 0.6) is 0 Å². The molecule has 0 aliphatic carbocycles. The number of ether oxygens (including phenoxy) is 2. The summed E-state index contributed by atoms with van der Waals surface area (Å²) in [5.74, 6) is -2.05. The summed E-state index contributed by atoms with van der Waals surface area (Å²) < 4.78 is 37.9. The molecule has 164 valence electrons. The van der Waals surface area contributed by atoms with Gasteiger partial charge in [-0.3, -0.25) is 4.79 Å². The number of hydrogen-bond acceptors (Lipinski definition) is 8. The van der Waals surface area contributed by atoms with Crippen LogP contribution in [0.1, 0.15) is 37.0 Å². The van der Waals surface area contributed by atoms with Gasteiger partial charge in [0.25, 0.3) is 0 Å². The Balaban J connectivity index is 2.15. The molecule has 1 atom stereocenters. The van der Waals surface area contributed by atoms with Crippen molar-refractivity contribution in [3.63, 3.8) is 0 Å². The van der Waals surface area contributed by atoms with E-state index < -0.39 is 34.1 Å². The molecule has 1 unspecified atom stereocenters. The van der Waals surface area contributed by atoms with Crippen molar-refractivity contribution in [1.82, 2.24) is 4.72 Å². The average Bonchev–Trinajstić information content (AvgIpc) is 3.18. The minimum absolute atomic E-state index is 0.0765. The number of benzene rings is 1. The summed E-state index contributed by atoms with van der Waals surface area (Å²) >= 11 is 6.01. The Morgan fingerprint density at radius 1 is 1.37 bits per heavy atom. The highest BCUT2D eigenvalue weighted by Crippen LogP contribution is 2.23. The Hall–Kier alpha value is -2.27. The molecule has 0 spiro atoms. The van der Waals surface area contributed by atoms with Gasteiger partial charge in [-0.05, 0) is 44.9 Å². The molecular formula is C19H23ClN2O7S. The first-order valence-corrected chi connectivity index (χ1v) is 11.0. The Morgan fingerprint density at radius 3 is 2.63 bits per heavy atom. The van der Waals surface area contributed by atoms with E-state index in [0.717, 1.165) is 18.9 Å². The van der Waals surface area contributed by atoms with Crippen LogP contribution < -0.4 is 4.72 Å². The standard InChI is InChI=1S/C19H23ClN2O7S/c1-11(21)18(12(2)23)16(24)10-29-19(25)13-5-6-15(20)17(8-13)30(26,27)22-9-14-4-3-7-28-14/h5-6,8,14,21-22,24H,3-4,7,9-10H2,1-2H3/b18-16-,21-11?. The molecule has 30 heavy (non-hydrogen) atoms. The number of hydrogen-bond donors (Lipinski definition) is 3. The van der Waals surface area contributed by atoms with Crippen molar-refractivity contribution >= 4 is 39.1 Å². The molecule has 2 rings (SSSR count). The predicted octanol–water partition coefficient (Wildman–Crippen LogP) is 2.39. The largest absolute Gasteiger partial charge is 0.508 e. The summed E-state index contributed by atoms with van der Waals surface area (Å²) in [5, 5.41) is 17.4. The highest BCUT2D eigenvalue weighted by Gasteiger charge is 2.24. The fourth-order valence-electron chi connectivity index (χ4n) is 2.90. The number of Topliss-reactive ketones (excluding diaryl/α,β-unsaturated/α-hetero) is 1. The highest BCUT2D eigenvalue weighted by atomic mass is 35.5. The molecule has 1 heterocycles. The Bertz CT molecular complexity index is 967. The van der Waals surface area contributed by atoms with E-state index in [1.54, 1.807) is 0 Å². The zero-order valence-electron chi connectivity index (χ0n) is 16.5. The fraction of sp³-hybridized carbons (Fsp3) is 0.421. The maximum absolute atomic E-state index is 12.6. The second-order valence-electron chi connectivity index (χ2n) is 6.71. The molecule has 0 saturated carbocycles. The van der Waals surface area contributed by atoms with Crippen LogP contribution in [0.2, 0.25) is 5.02 Å². The first kappa shape index (κ1) is 24.0. The molecule has 1 aromatic carbocycles. The lowest BCUT2D eigenvalue weighted by molar-refractivity contribution is -0.113. The monoisotopic (exact) mass is 458 g/mol.